The molecule has 2 N–H and O–H groups in total. The molecule has 1 saturated carbocycles. The highest BCUT2D eigenvalue weighted by molar-refractivity contribution is 5.79. The molecule has 0 saturated heterocycles. The number of amides is 1. The summed E-state index contributed by atoms with van der Waals surface area (Å²) in [5.74, 6) is -0.219. The molecule has 1 fully saturated rings. The van der Waals surface area contributed by atoms with Crippen LogP contribution < -0.4 is 5.73 Å². The van der Waals surface area contributed by atoms with Gasteiger partial charge >= 0.3 is 0 Å². The molecule has 3 rings (SSSR count). The number of halogens is 1. The van der Waals surface area contributed by atoms with Crippen LogP contribution in [0, 0.1) is 5.82 Å². The maximum absolute atomic E-state index is 13.0. The lowest BCUT2D eigenvalue weighted by Crippen LogP contribution is -2.34. The Labute approximate surface area is 128 Å². The van der Waals surface area contributed by atoms with Gasteiger partial charge in [0.2, 0.25) is 5.91 Å². The quantitative estimate of drug-likeness (QED) is 0.923. The summed E-state index contributed by atoms with van der Waals surface area (Å²) < 4.78 is 13.0. The van der Waals surface area contributed by atoms with E-state index >= 15 is 0 Å². The molecular formula is C17H18FN3O. The number of aromatic nitrogens is 1. The van der Waals surface area contributed by atoms with Gasteiger partial charge in [0.25, 0.3) is 0 Å². The Bertz CT molecular complexity index is 651. The standard InChI is InChI=1S/C17H18FN3O/c18-13-3-1-12(2-4-13)11-21(16-7-8-16)17(22)9-15-6-5-14(19)10-20-15/h1-6,10,16H,7-9,11,19H2. The Morgan fingerprint density at radius 2 is 1.95 bits per heavy atom. The largest absolute Gasteiger partial charge is 0.397 e. The normalized spacial score (nSPS) is 13.9. The first-order valence-electron chi connectivity index (χ1n) is 7.36. The average molecular weight is 299 g/mol. The van der Waals surface area contributed by atoms with Gasteiger partial charge in [-0.25, -0.2) is 4.39 Å². The Balaban J connectivity index is 1.69. The molecule has 1 aromatic heterocycles. The van der Waals surface area contributed by atoms with E-state index in [1.165, 1.54) is 12.1 Å². The third-order valence-corrected chi connectivity index (χ3v) is 3.75. The summed E-state index contributed by atoms with van der Waals surface area (Å²) in [7, 11) is 0. The van der Waals surface area contributed by atoms with E-state index in [9.17, 15) is 9.18 Å². The fourth-order valence-electron chi connectivity index (χ4n) is 2.39. The number of pyridine rings is 1. The molecule has 0 spiro atoms. The average Bonchev–Trinajstić information content (AvgIpc) is 3.33. The van der Waals surface area contributed by atoms with Gasteiger partial charge in [-0.2, -0.15) is 0 Å². The van der Waals surface area contributed by atoms with Gasteiger partial charge in [-0.3, -0.25) is 9.78 Å². The summed E-state index contributed by atoms with van der Waals surface area (Å²) in [4.78, 5) is 18.6. The summed E-state index contributed by atoms with van der Waals surface area (Å²) in [5, 5.41) is 0. The molecule has 0 unspecified atom stereocenters. The van der Waals surface area contributed by atoms with Crippen LogP contribution in [-0.4, -0.2) is 21.8 Å². The number of nitrogen functional groups attached to an aromatic ring is 1. The molecule has 1 amide bonds. The van der Waals surface area contributed by atoms with Crippen molar-refractivity contribution >= 4 is 11.6 Å². The molecule has 1 aromatic carbocycles. The number of carbonyl (C=O) groups excluding carboxylic acids is 1. The second-order valence-electron chi connectivity index (χ2n) is 5.64. The van der Waals surface area contributed by atoms with E-state index in [4.69, 9.17) is 5.73 Å². The summed E-state index contributed by atoms with van der Waals surface area (Å²) in [5.41, 5.74) is 7.84. The molecule has 114 valence electrons. The van der Waals surface area contributed by atoms with E-state index in [2.05, 4.69) is 4.98 Å². The molecule has 4 nitrogen and oxygen atoms in total. The van der Waals surface area contributed by atoms with E-state index in [1.807, 2.05) is 4.90 Å². The number of nitrogens with zero attached hydrogens (tertiary/aromatic N) is 2. The van der Waals surface area contributed by atoms with Crippen molar-refractivity contribution in [3.05, 3.63) is 59.7 Å². The van der Waals surface area contributed by atoms with Gasteiger partial charge in [0.1, 0.15) is 5.82 Å². The van der Waals surface area contributed by atoms with Gasteiger partial charge in [-0.15, -0.1) is 0 Å². The van der Waals surface area contributed by atoms with Gasteiger partial charge in [-0.05, 0) is 42.7 Å². The number of benzene rings is 1. The van der Waals surface area contributed by atoms with Gasteiger partial charge in [0.05, 0.1) is 18.3 Å². The van der Waals surface area contributed by atoms with E-state index in [-0.39, 0.29) is 18.1 Å². The second kappa shape index (κ2) is 6.13. The lowest BCUT2D eigenvalue weighted by molar-refractivity contribution is -0.131. The zero-order valence-corrected chi connectivity index (χ0v) is 12.2. The molecule has 5 heteroatoms. The van der Waals surface area contributed by atoms with Gasteiger partial charge in [0, 0.05) is 18.3 Å². The summed E-state index contributed by atoms with van der Waals surface area (Å²) >= 11 is 0. The monoisotopic (exact) mass is 299 g/mol. The molecule has 0 atom stereocenters. The highest BCUT2D eigenvalue weighted by Crippen LogP contribution is 2.29. The van der Waals surface area contributed by atoms with Crippen molar-refractivity contribution in [3.8, 4) is 0 Å². The minimum atomic E-state index is -0.265. The van der Waals surface area contributed by atoms with Crippen LogP contribution in [0.1, 0.15) is 24.1 Å². The summed E-state index contributed by atoms with van der Waals surface area (Å²) in [6.45, 7) is 0.513. The molecule has 22 heavy (non-hydrogen) atoms. The number of rotatable bonds is 5. The van der Waals surface area contributed by atoms with Crippen LogP contribution in [-0.2, 0) is 17.8 Å². The molecule has 0 bridgehead atoms. The van der Waals surface area contributed by atoms with Crippen molar-refractivity contribution < 1.29 is 9.18 Å². The predicted molar refractivity (Wildman–Crippen MR) is 82.3 cm³/mol. The van der Waals surface area contributed by atoms with Crippen molar-refractivity contribution in [2.45, 2.75) is 31.8 Å². The number of hydrogen-bond donors (Lipinski definition) is 1. The Kier molecular flexibility index (Phi) is 4.04. The van der Waals surface area contributed by atoms with E-state index in [1.54, 1.807) is 30.5 Å². The van der Waals surface area contributed by atoms with Gasteiger partial charge in [-0.1, -0.05) is 12.1 Å². The van der Waals surface area contributed by atoms with Crippen LogP contribution >= 0.6 is 0 Å². The fraction of sp³-hybridized carbons (Fsp3) is 0.294. The van der Waals surface area contributed by atoms with Crippen LogP contribution in [0.3, 0.4) is 0 Å². The van der Waals surface area contributed by atoms with E-state index in [0.29, 0.717) is 24.0 Å². The molecule has 1 aliphatic rings. The van der Waals surface area contributed by atoms with Crippen molar-refractivity contribution in [1.29, 1.82) is 0 Å². The van der Waals surface area contributed by atoms with Crippen LogP contribution in [0.15, 0.2) is 42.6 Å². The van der Waals surface area contributed by atoms with Gasteiger partial charge < -0.3 is 10.6 Å². The van der Waals surface area contributed by atoms with E-state index < -0.39 is 0 Å². The fourth-order valence-corrected chi connectivity index (χ4v) is 2.39. The highest BCUT2D eigenvalue weighted by atomic mass is 19.1. The number of nitrogens with two attached hydrogens (primary N) is 1. The van der Waals surface area contributed by atoms with Crippen LogP contribution in [0.4, 0.5) is 10.1 Å². The third-order valence-electron chi connectivity index (χ3n) is 3.75. The highest BCUT2D eigenvalue weighted by Gasteiger charge is 2.32. The summed E-state index contributed by atoms with van der Waals surface area (Å²) in [6.07, 6.45) is 3.88. The molecule has 0 aliphatic heterocycles. The van der Waals surface area contributed by atoms with Crippen LogP contribution in [0.2, 0.25) is 0 Å². The van der Waals surface area contributed by atoms with E-state index in [0.717, 1.165) is 18.4 Å². The number of anilines is 1. The lowest BCUT2D eigenvalue weighted by Gasteiger charge is -2.22. The van der Waals surface area contributed by atoms with Gasteiger partial charge in [0.15, 0.2) is 0 Å². The van der Waals surface area contributed by atoms with Crippen molar-refractivity contribution in [2.24, 2.45) is 0 Å². The maximum Gasteiger partial charge on any atom is 0.229 e. The van der Waals surface area contributed by atoms with Crippen molar-refractivity contribution in [1.82, 2.24) is 9.88 Å². The van der Waals surface area contributed by atoms with Crippen molar-refractivity contribution in [3.63, 3.8) is 0 Å². The Hall–Kier alpha value is -2.43. The number of hydrogen-bond acceptors (Lipinski definition) is 3. The molecular weight excluding hydrogens is 281 g/mol. The number of carbonyl (C=O) groups is 1. The third kappa shape index (κ3) is 3.61. The molecule has 0 radical (unpaired) electrons. The zero-order chi connectivity index (χ0) is 15.5. The molecule has 1 aliphatic carbocycles. The minimum Gasteiger partial charge on any atom is -0.397 e. The smallest absolute Gasteiger partial charge is 0.229 e. The first-order valence-corrected chi connectivity index (χ1v) is 7.36. The Morgan fingerprint density at radius 3 is 2.55 bits per heavy atom. The zero-order valence-electron chi connectivity index (χ0n) is 12.2. The van der Waals surface area contributed by atoms with Crippen molar-refractivity contribution in [2.75, 3.05) is 5.73 Å². The maximum atomic E-state index is 13.0. The second-order valence-corrected chi connectivity index (χ2v) is 5.64. The topological polar surface area (TPSA) is 59.2 Å². The minimum absolute atomic E-state index is 0.0455. The molecule has 2 aromatic rings. The van der Waals surface area contributed by atoms with Crippen LogP contribution in [0.25, 0.3) is 0 Å². The first-order chi connectivity index (χ1) is 10.6. The first kappa shape index (κ1) is 14.5. The lowest BCUT2D eigenvalue weighted by atomic mass is 10.2. The molecule has 1 heterocycles. The predicted octanol–water partition coefficient (Wildman–Crippen LogP) is 2.54. The Morgan fingerprint density at radius 1 is 1.23 bits per heavy atom. The SMILES string of the molecule is Nc1ccc(CC(=O)N(Cc2ccc(F)cc2)C2CC2)nc1. The summed E-state index contributed by atoms with van der Waals surface area (Å²) in [6, 6.07) is 10.1. The van der Waals surface area contributed by atoms with Crippen LogP contribution in [0.5, 0.6) is 0 Å².